The highest BCUT2D eigenvalue weighted by Crippen LogP contribution is 2.27. The summed E-state index contributed by atoms with van der Waals surface area (Å²) in [5, 5.41) is 2.51. The molecular weight excluding hydrogens is 320 g/mol. The van der Waals surface area contributed by atoms with E-state index in [0.717, 1.165) is 21.8 Å². The van der Waals surface area contributed by atoms with Crippen LogP contribution in [0.5, 0.6) is 0 Å². The van der Waals surface area contributed by atoms with Gasteiger partial charge in [0.25, 0.3) is 5.56 Å². The zero-order valence-corrected chi connectivity index (χ0v) is 13.8. The van der Waals surface area contributed by atoms with Crippen LogP contribution < -0.4 is 5.56 Å². The molecule has 0 fully saturated rings. The molecule has 0 unspecified atom stereocenters. The van der Waals surface area contributed by atoms with Crippen LogP contribution in [0.4, 0.5) is 0 Å². The van der Waals surface area contributed by atoms with Crippen molar-refractivity contribution in [1.29, 1.82) is 0 Å². The first-order chi connectivity index (χ1) is 11.7. The fourth-order valence-corrected chi connectivity index (χ4v) is 3.54. The molecule has 24 heavy (non-hydrogen) atoms. The molecule has 1 N–H and O–H groups in total. The van der Waals surface area contributed by atoms with E-state index in [9.17, 15) is 4.79 Å². The standard InChI is InChI=1S/C18H14N4OS/c1-11-19-15-9-5-3-7-13(15)18(20-11)24-10-16-21-14-8-4-2-6-12(14)17(23)22-16/h2-9H,10H2,1H3,(H,21,22,23). The molecule has 0 aliphatic rings. The van der Waals surface area contributed by atoms with Crippen LogP contribution in [0.15, 0.2) is 58.4 Å². The minimum Gasteiger partial charge on any atom is -0.309 e. The summed E-state index contributed by atoms with van der Waals surface area (Å²) in [7, 11) is 0. The molecule has 0 radical (unpaired) electrons. The van der Waals surface area contributed by atoms with Crippen molar-refractivity contribution in [1.82, 2.24) is 19.9 Å². The van der Waals surface area contributed by atoms with Crippen LogP contribution >= 0.6 is 11.8 Å². The SMILES string of the molecule is Cc1nc(SCc2nc3ccccc3c(=O)[nH]2)c2ccccc2n1. The van der Waals surface area contributed by atoms with Gasteiger partial charge in [0.15, 0.2) is 0 Å². The van der Waals surface area contributed by atoms with Gasteiger partial charge < -0.3 is 4.98 Å². The van der Waals surface area contributed by atoms with E-state index < -0.39 is 0 Å². The molecule has 0 saturated carbocycles. The molecule has 0 aliphatic heterocycles. The van der Waals surface area contributed by atoms with Gasteiger partial charge in [-0.25, -0.2) is 15.0 Å². The van der Waals surface area contributed by atoms with Gasteiger partial charge in [-0.05, 0) is 25.1 Å². The normalized spacial score (nSPS) is 11.2. The summed E-state index contributed by atoms with van der Waals surface area (Å²) in [5.41, 5.74) is 1.52. The van der Waals surface area contributed by atoms with Gasteiger partial charge in [-0.15, -0.1) is 0 Å². The highest BCUT2D eigenvalue weighted by atomic mass is 32.2. The topological polar surface area (TPSA) is 71.5 Å². The molecular formula is C18H14N4OS. The predicted octanol–water partition coefficient (Wildman–Crippen LogP) is 3.47. The van der Waals surface area contributed by atoms with Crippen LogP contribution in [0.25, 0.3) is 21.8 Å². The molecule has 0 saturated heterocycles. The molecule has 6 heteroatoms. The maximum Gasteiger partial charge on any atom is 0.258 e. The van der Waals surface area contributed by atoms with E-state index in [0.29, 0.717) is 22.5 Å². The molecule has 0 spiro atoms. The number of thioether (sulfide) groups is 1. The largest absolute Gasteiger partial charge is 0.309 e. The number of para-hydroxylation sites is 2. The van der Waals surface area contributed by atoms with Crippen molar-refractivity contribution in [3.63, 3.8) is 0 Å². The number of H-pyrrole nitrogens is 1. The van der Waals surface area contributed by atoms with Gasteiger partial charge in [0.2, 0.25) is 0 Å². The number of hydrogen-bond donors (Lipinski definition) is 1. The van der Waals surface area contributed by atoms with Crippen LogP contribution in [0.3, 0.4) is 0 Å². The molecule has 0 bridgehead atoms. The van der Waals surface area contributed by atoms with Crippen molar-refractivity contribution in [3.8, 4) is 0 Å². The first-order valence-electron chi connectivity index (χ1n) is 7.55. The molecule has 2 aromatic carbocycles. The lowest BCUT2D eigenvalue weighted by molar-refractivity contribution is 0.999. The number of benzene rings is 2. The second-order valence-electron chi connectivity index (χ2n) is 5.41. The van der Waals surface area contributed by atoms with Crippen LogP contribution in [0.2, 0.25) is 0 Å². The lowest BCUT2D eigenvalue weighted by Gasteiger charge is -2.07. The molecule has 2 aromatic heterocycles. The number of rotatable bonds is 3. The third-order valence-electron chi connectivity index (χ3n) is 3.69. The van der Waals surface area contributed by atoms with Gasteiger partial charge in [0.1, 0.15) is 16.7 Å². The Morgan fingerprint density at radius 3 is 2.38 bits per heavy atom. The van der Waals surface area contributed by atoms with E-state index in [1.165, 1.54) is 0 Å². The third kappa shape index (κ3) is 2.76. The number of nitrogens with one attached hydrogen (secondary N) is 1. The minimum atomic E-state index is -0.111. The molecule has 5 nitrogen and oxygen atoms in total. The Morgan fingerprint density at radius 1 is 0.917 bits per heavy atom. The Hall–Kier alpha value is -2.73. The average Bonchev–Trinajstić information content (AvgIpc) is 2.59. The van der Waals surface area contributed by atoms with Gasteiger partial charge in [0, 0.05) is 5.39 Å². The van der Waals surface area contributed by atoms with Gasteiger partial charge >= 0.3 is 0 Å². The third-order valence-corrected chi connectivity index (χ3v) is 4.69. The van der Waals surface area contributed by atoms with Crippen molar-refractivity contribution in [2.45, 2.75) is 17.7 Å². The van der Waals surface area contributed by atoms with Gasteiger partial charge in [-0.2, -0.15) is 0 Å². The van der Waals surface area contributed by atoms with E-state index in [2.05, 4.69) is 19.9 Å². The zero-order valence-electron chi connectivity index (χ0n) is 13.0. The van der Waals surface area contributed by atoms with Crippen molar-refractivity contribution in [2.75, 3.05) is 0 Å². The summed E-state index contributed by atoms with van der Waals surface area (Å²) in [6.45, 7) is 1.88. The molecule has 0 atom stereocenters. The van der Waals surface area contributed by atoms with Crippen molar-refractivity contribution < 1.29 is 0 Å². The van der Waals surface area contributed by atoms with E-state index >= 15 is 0 Å². The summed E-state index contributed by atoms with van der Waals surface area (Å²) in [4.78, 5) is 28.5. The number of hydrogen-bond acceptors (Lipinski definition) is 5. The summed E-state index contributed by atoms with van der Waals surface area (Å²) >= 11 is 1.55. The molecule has 4 rings (SSSR count). The molecule has 0 aliphatic carbocycles. The minimum absolute atomic E-state index is 0.111. The predicted molar refractivity (Wildman–Crippen MR) is 96.2 cm³/mol. The molecule has 2 heterocycles. The Balaban J connectivity index is 1.69. The van der Waals surface area contributed by atoms with Crippen molar-refractivity contribution in [2.24, 2.45) is 0 Å². The Labute approximate surface area is 142 Å². The van der Waals surface area contributed by atoms with Crippen molar-refractivity contribution in [3.05, 3.63) is 70.5 Å². The molecule has 4 aromatic rings. The second kappa shape index (κ2) is 6.05. The highest BCUT2D eigenvalue weighted by molar-refractivity contribution is 7.98. The summed E-state index contributed by atoms with van der Waals surface area (Å²) in [5.74, 6) is 1.92. The Bertz CT molecular complexity index is 1110. The summed E-state index contributed by atoms with van der Waals surface area (Å²) in [6, 6.07) is 15.3. The smallest absolute Gasteiger partial charge is 0.258 e. The monoisotopic (exact) mass is 334 g/mol. The van der Waals surface area contributed by atoms with Gasteiger partial charge in [-0.3, -0.25) is 4.79 Å². The number of aromatic nitrogens is 4. The van der Waals surface area contributed by atoms with E-state index in [4.69, 9.17) is 0 Å². The zero-order chi connectivity index (χ0) is 16.5. The number of aromatic amines is 1. The van der Waals surface area contributed by atoms with E-state index in [-0.39, 0.29) is 5.56 Å². The fourth-order valence-electron chi connectivity index (χ4n) is 2.61. The van der Waals surface area contributed by atoms with Gasteiger partial charge in [-0.1, -0.05) is 42.1 Å². The summed E-state index contributed by atoms with van der Waals surface area (Å²) < 4.78 is 0. The fraction of sp³-hybridized carbons (Fsp3) is 0.111. The Kier molecular flexibility index (Phi) is 3.74. The van der Waals surface area contributed by atoms with Crippen LogP contribution in [0, 0.1) is 6.92 Å². The van der Waals surface area contributed by atoms with Gasteiger partial charge in [0.05, 0.1) is 22.2 Å². The number of nitrogens with zero attached hydrogens (tertiary/aromatic N) is 3. The van der Waals surface area contributed by atoms with Crippen LogP contribution in [-0.2, 0) is 5.75 Å². The maximum atomic E-state index is 12.1. The lowest BCUT2D eigenvalue weighted by Crippen LogP contribution is -2.11. The van der Waals surface area contributed by atoms with Crippen LogP contribution in [0.1, 0.15) is 11.6 Å². The first-order valence-corrected chi connectivity index (χ1v) is 8.53. The quantitative estimate of drug-likeness (QED) is 0.459. The maximum absolute atomic E-state index is 12.1. The highest BCUT2D eigenvalue weighted by Gasteiger charge is 2.08. The van der Waals surface area contributed by atoms with E-state index in [1.54, 1.807) is 17.8 Å². The number of aryl methyl sites for hydroxylation is 1. The van der Waals surface area contributed by atoms with Crippen molar-refractivity contribution >= 4 is 33.6 Å². The second-order valence-corrected chi connectivity index (χ2v) is 6.38. The molecule has 118 valence electrons. The first kappa shape index (κ1) is 14.8. The van der Waals surface area contributed by atoms with Crippen LogP contribution in [-0.4, -0.2) is 19.9 Å². The number of fused-ring (bicyclic) bond motifs is 2. The van der Waals surface area contributed by atoms with E-state index in [1.807, 2.05) is 49.4 Å². The average molecular weight is 334 g/mol. The summed E-state index contributed by atoms with van der Waals surface area (Å²) in [6.07, 6.45) is 0. The lowest BCUT2D eigenvalue weighted by atomic mass is 10.2. The molecule has 0 amide bonds. The Morgan fingerprint density at radius 2 is 1.58 bits per heavy atom.